The molecule has 2 atom stereocenters. The van der Waals surface area contributed by atoms with E-state index in [9.17, 15) is 4.79 Å². The summed E-state index contributed by atoms with van der Waals surface area (Å²) in [5.74, 6) is 0.482. The zero-order chi connectivity index (χ0) is 13.0. The molecule has 3 nitrogen and oxygen atoms in total. The van der Waals surface area contributed by atoms with Crippen molar-refractivity contribution >= 4 is 34.2 Å². The smallest absolute Gasteiger partial charge is 0.220 e. The van der Waals surface area contributed by atoms with Gasteiger partial charge in [-0.1, -0.05) is 34.5 Å². The molecular formula is C14H20BrClN2O. The van der Waals surface area contributed by atoms with Crippen molar-refractivity contribution in [3.63, 3.8) is 0 Å². The maximum atomic E-state index is 11.8. The van der Waals surface area contributed by atoms with Gasteiger partial charge in [-0.2, -0.15) is 0 Å². The summed E-state index contributed by atoms with van der Waals surface area (Å²) >= 11 is 3.39. The molecule has 1 aromatic carbocycles. The van der Waals surface area contributed by atoms with E-state index in [1.54, 1.807) is 0 Å². The van der Waals surface area contributed by atoms with Crippen LogP contribution in [0.25, 0.3) is 0 Å². The first-order valence-electron chi connectivity index (χ1n) is 6.42. The van der Waals surface area contributed by atoms with Gasteiger partial charge in [-0.3, -0.25) is 4.79 Å². The van der Waals surface area contributed by atoms with Crippen LogP contribution in [-0.2, 0) is 11.3 Å². The van der Waals surface area contributed by atoms with E-state index in [2.05, 4.69) is 21.2 Å². The van der Waals surface area contributed by atoms with E-state index in [1.807, 2.05) is 24.3 Å². The molecule has 0 aromatic heterocycles. The van der Waals surface area contributed by atoms with E-state index in [4.69, 9.17) is 5.73 Å². The van der Waals surface area contributed by atoms with Gasteiger partial charge in [-0.25, -0.2) is 0 Å². The molecule has 1 aliphatic carbocycles. The number of nitrogens with two attached hydrogens (primary N) is 1. The topological polar surface area (TPSA) is 55.1 Å². The van der Waals surface area contributed by atoms with Crippen molar-refractivity contribution in [1.82, 2.24) is 5.32 Å². The number of hydrogen-bond acceptors (Lipinski definition) is 2. The Bertz CT molecular complexity index is 410. The molecule has 1 aromatic rings. The molecule has 5 heteroatoms. The molecule has 1 amide bonds. The minimum Gasteiger partial charge on any atom is -0.352 e. The minimum atomic E-state index is 0. The van der Waals surface area contributed by atoms with Crippen LogP contribution in [0.1, 0.15) is 31.2 Å². The van der Waals surface area contributed by atoms with Gasteiger partial charge in [-0.05, 0) is 36.5 Å². The van der Waals surface area contributed by atoms with Crippen LogP contribution in [0.4, 0.5) is 0 Å². The van der Waals surface area contributed by atoms with Crippen LogP contribution in [0.3, 0.4) is 0 Å². The van der Waals surface area contributed by atoms with Crippen LogP contribution >= 0.6 is 28.3 Å². The summed E-state index contributed by atoms with van der Waals surface area (Å²) < 4.78 is 1.05. The summed E-state index contributed by atoms with van der Waals surface area (Å²) in [6, 6.07) is 8.18. The largest absolute Gasteiger partial charge is 0.352 e. The number of carbonyl (C=O) groups is 1. The number of amides is 1. The molecule has 0 aliphatic heterocycles. The van der Waals surface area contributed by atoms with Crippen molar-refractivity contribution in [1.29, 1.82) is 0 Å². The molecule has 0 saturated heterocycles. The van der Waals surface area contributed by atoms with Crippen LogP contribution < -0.4 is 11.1 Å². The Morgan fingerprint density at radius 3 is 2.58 bits per heavy atom. The maximum Gasteiger partial charge on any atom is 0.220 e. The molecule has 0 radical (unpaired) electrons. The SMILES string of the molecule is Cl.N[C@@H]1CCC[C@H]1CC(=O)NCc1ccc(Br)cc1. The van der Waals surface area contributed by atoms with Crippen LogP contribution in [0.2, 0.25) is 0 Å². The highest BCUT2D eigenvalue weighted by Crippen LogP contribution is 2.26. The number of nitrogens with one attached hydrogen (secondary N) is 1. The number of benzene rings is 1. The summed E-state index contributed by atoms with van der Waals surface area (Å²) in [5.41, 5.74) is 7.08. The van der Waals surface area contributed by atoms with Gasteiger partial charge >= 0.3 is 0 Å². The first-order chi connectivity index (χ1) is 8.65. The lowest BCUT2D eigenvalue weighted by atomic mass is 10.00. The van der Waals surface area contributed by atoms with Gasteiger partial charge in [-0.15, -0.1) is 12.4 Å². The van der Waals surface area contributed by atoms with E-state index in [0.717, 1.165) is 29.3 Å². The Morgan fingerprint density at radius 1 is 1.32 bits per heavy atom. The van der Waals surface area contributed by atoms with Crippen molar-refractivity contribution in [3.8, 4) is 0 Å². The molecule has 0 unspecified atom stereocenters. The fraction of sp³-hybridized carbons (Fsp3) is 0.500. The first kappa shape index (κ1) is 16.5. The fourth-order valence-electron chi connectivity index (χ4n) is 2.43. The highest BCUT2D eigenvalue weighted by molar-refractivity contribution is 9.10. The van der Waals surface area contributed by atoms with Gasteiger partial charge in [0.25, 0.3) is 0 Å². The Labute approximate surface area is 128 Å². The van der Waals surface area contributed by atoms with Crippen molar-refractivity contribution in [3.05, 3.63) is 34.3 Å². The third kappa shape index (κ3) is 5.13. The van der Waals surface area contributed by atoms with Gasteiger partial charge in [0.1, 0.15) is 0 Å². The van der Waals surface area contributed by atoms with Crippen molar-refractivity contribution < 1.29 is 4.79 Å². The number of carbonyl (C=O) groups excluding carboxylic acids is 1. The normalized spacial score (nSPS) is 21.8. The number of hydrogen-bond donors (Lipinski definition) is 2. The van der Waals surface area contributed by atoms with Gasteiger partial charge in [0.05, 0.1) is 0 Å². The summed E-state index contributed by atoms with van der Waals surface area (Å²) in [7, 11) is 0. The van der Waals surface area contributed by atoms with E-state index in [-0.39, 0.29) is 24.4 Å². The van der Waals surface area contributed by atoms with Crippen LogP contribution in [0, 0.1) is 5.92 Å². The molecule has 106 valence electrons. The van der Waals surface area contributed by atoms with E-state index < -0.39 is 0 Å². The van der Waals surface area contributed by atoms with Gasteiger partial charge in [0.15, 0.2) is 0 Å². The minimum absolute atomic E-state index is 0. The second-order valence-corrected chi connectivity index (χ2v) is 5.88. The third-order valence-corrected chi connectivity index (χ3v) is 4.10. The number of rotatable bonds is 4. The highest BCUT2D eigenvalue weighted by atomic mass is 79.9. The molecule has 1 saturated carbocycles. The van der Waals surface area contributed by atoms with Gasteiger partial charge in [0.2, 0.25) is 5.91 Å². The van der Waals surface area contributed by atoms with Crippen LogP contribution in [0.15, 0.2) is 28.7 Å². The van der Waals surface area contributed by atoms with Crippen LogP contribution in [-0.4, -0.2) is 11.9 Å². The van der Waals surface area contributed by atoms with Gasteiger partial charge < -0.3 is 11.1 Å². The lowest BCUT2D eigenvalue weighted by Crippen LogP contribution is -2.31. The lowest BCUT2D eigenvalue weighted by molar-refractivity contribution is -0.122. The lowest BCUT2D eigenvalue weighted by Gasteiger charge is -2.14. The second-order valence-electron chi connectivity index (χ2n) is 4.96. The molecule has 1 fully saturated rings. The monoisotopic (exact) mass is 346 g/mol. The molecule has 19 heavy (non-hydrogen) atoms. The van der Waals surface area contributed by atoms with Crippen molar-refractivity contribution in [2.75, 3.05) is 0 Å². The third-order valence-electron chi connectivity index (χ3n) is 3.57. The average molecular weight is 348 g/mol. The predicted molar refractivity (Wildman–Crippen MR) is 83.2 cm³/mol. The Morgan fingerprint density at radius 2 is 2.00 bits per heavy atom. The summed E-state index contributed by atoms with van der Waals surface area (Å²) in [5, 5.41) is 2.96. The summed E-state index contributed by atoms with van der Waals surface area (Å²) in [6.07, 6.45) is 3.88. The Hall–Kier alpha value is -0.580. The molecule has 0 spiro atoms. The summed E-state index contributed by atoms with van der Waals surface area (Å²) in [4.78, 5) is 11.8. The van der Waals surface area contributed by atoms with Crippen LogP contribution in [0.5, 0.6) is 0 Å². The molecular weight excluding hydrogens is 328 g/mol. The van der Waals surface area contributed by atoms with E-state index in [1.165, 1.54) is 0 Å². The zero-order valence-electron chi connectivity index (χ0n) is 10.8. The van der Waals surface area contributed by atoms with Crippen molar-refractivity contribution in [2.45, 2.75) is 38.3 Å². The standard InChI is InChI=1S/C14H19BrN2O.ClH/c15-12-6-4-10(5-7-12)9-17-14(18)8-11-2-1-3-13(11)16;/h4-7,11,13H,1-3,8-9,16H2,(H,17,18);1H/t11-,13+;/m0./s1. The quantitative estimate of drug-likeness (QED) is 0.879. The second kappa shape index (κ2) is 7.88. The summed E-state index contributed by atoms with van der Waals surface area (Å²) in [6.45, 7) is 0.591. The van der Waals surface area contributed by atoms with Gasteiger partial charge in [0, 0.05) is 23.5 Å². The highest BCUT2D eigenvalue weighted by Gasteiger charge is 2.25. The average Bonchev–Trinajstić information content (AvgIpc) is 2.74. The van der Waals surface area contributed by atoms with E-state index >= 15 is 0 Å². The number of halogens is 2. The Kier molecular flexibility index (Phi) is 6.83. The molecule has 1 aliphatic rings. The maximum absolute atomic E-state index is 11.8. The molecule has 0 heterocycles. The first-order valence-corrected chi connectivity index (χ1v) is 7.21. The van der Waals surface area contributed by atoms with E-state index in [0.29, 0.717) is 18.9 Å². The molecule has 3 N–H and O–H groups in total. The zero-order valence-corrected chi connectivity index (χ0v) is 13.2. The van der Waals surface area contributed by atoms with Crippen molar-refractivity contribution in [2.24, 2.45) is 11.7 Å². The predicted octanol–water partition coefficient (Wildman–Crippen LogP) is 3.00. The molecule has 0 bridgehead atoms. The molecule has 2 rings (SSSR count). The Balaban J connectivity index is 0.00000180. The fourth-order valence-corrected chi connectivity index (χ4v) is 2.70.